The van der Waals surface area contributed by atoms with E-state index in [0.29, 0.717) is 0 Å². The Hall–Kier alpha value is -2.30. The van der Waals surface area contributed by atoms with Crippen molar-refractivity contribution in [1.29, 1.82) is 0 Å². The van der Waals surface area contributed by atoms with Crippen LogP contribution in [0.5, 0.6) is 0 Å². The fraction of sp³-hybridized carbons (Fsp3) is 0.677. The number of aromatic amines is 1. The van der Waals surface area contributed by atoms with Gasteiger partial charge in [0, 0.05) is 28.5 Å². The van der Waals surface area contributed by atoms with Crippen LogP contribution >= 0.6 is 0 Å². The molecule has 0 bridgehead atoms. The summed E-state index contributed by atoms with van der Waals surface area (Å²) in [5, 5.41) is 7.88. The van der Waals surface area contributed by atoms with E-state index < -0.39 is 0 Å². The third kappa shape index (κ3) is 11.6. The molecule has 1 heterocycles. The molecule has 0 unspecified atom stereocenters. The number of hydrogen-bond acceptors (Lipinski definition) is 4. The molecule has 3 aliphatic carbocycles. The Bertz CT molecular complexity index is 857. The van der Waals surface area contributed by atoms with E-state index in [1.807, 2.05) is 0 Å². The molecular formula is C31H55N5. The van der Waals surface area contributed by atoms with Crippen molar-refractivity contribution in [2.24, 2.45) is 16.0 Å². The molecule has 0 radical (unpaired) electrons. The molecule has 1 aromatic rings. The van der Waals surface area contributed by atoms with Gasteiger partial charge in [-0.2, -0.15) is 10.2 Å². The second-order valence-electron chi connectivity index (χ2n) is 9.86. The largest absolute Gasteiger partial charge is 0.362 e. The Labute approximate surface area is 222 Å². The van der Waals surface area contributed by atoms with Crippen molar-refractivity contribution in [2.45, 2.75) is 138 Å². The minimum atomic E-state index is 0.979. The zero-order valence-electron chi connectivity index (χ0n) is 24.5. The first kappa shape index (κ1) is 31.7. The summed E-state index contributed by atoms with van der Waals surface area (Å²) in [6.45, 7) is 15.1. The molecule has 0 spiro atoms. The van der Waals surface area contributed by atoms with Gasteiger partial charge in [0.1, 0.15) is 0 Å². The fourth-order valence-electron chi connectivity index (χ4n) is 4.70. The fourth-order valence-corrected chi connectivity index (χ4v) is 4.70. The Morgan fingerprint density at radius 3 is 1.86 bits per heavy atom. The van der Waals surface area contributed by atoms with Gasteiger partial charge in [-0.3, -0.25) is 5.43 Å². The lowest BCUT2D eigenvalue weighted by atomic mass is 10.1. The van der Waals surface area contributed by atoms with Crippen LogP contribution < -0.4 is 11.3 Å². The number of H-pyrrole nitrogens is 1. The van der Waals surface area contributed by atoms with Gasteiger partial charge < -0.3 is 10.8 Å². The minimum absolute atomic E-state index is 0.979. The molecule has 0 aromatic carbocycles. The number of rotatable bonds is 7. The molecule has 1 aromatic heterocycles. The number of aromatic nitrogens is 1. The predicted octanol–water partition coefficient (Wildman–Crippen LogP) is 8.43. The Kier molecular flexibility index (Phi) is 16.7. The summed E-state index contributed by atoms with van der Waals surface area (Å²) < 4.78 is 0. The summed E-state index contributed by atoms with van der Waals surface area (Å²) in [6, 6.07) is 0. The van der Waals surface area contributed by atoms with E-state index in [0.717, 1.165) is 37.8 Å². The highest BCUT2D eigenvalue weighted by molar-refractivity contribution is 5.83. The van der Waals surface area contributed by atoms with Gasteiger partial charge in [-0.25, -0.2) is 0 Å². The normalized spacial score (nSPS) is 15.1. The van der Waals surface area contributed by atoms with Crippen LogP contribution in [0.2, 0.25) is 0 Å². The number of allylic oxidation sites excluding steroid dienone is 4. The zero-order valence-corrected chi connectivity index (χ0v) is 24.5. The molecule has 204 valence electrons. The maximum atomic E-state index is 4.98. The van der Waals surface area contributed by atoms with Crippen molar-refractivity contribution >= 4 is 11.4 Å². The molecule has 36 heavy (non-hydrogen) atoms. The van der Waals surface area contributed by atoms with Crippen molar-refractivity contribution in [3.63, 3.8) is 0 Å². The molecule has 5 nitrogen and oxygen atoms in total. The van der Waals surface area contributed by atoms with Gasteiger partial charge in [0.05, 0.1) is 0 Å². The summed E-state index contributed by atoms with van der Waals surface area (Å²) in [5.41, 5.74) is 14.5. The maximum Gasteiger partial charge on any atom is 0.0377 e. The van der Waals surface area contributed by atoms with Crippen LogP contribution in [0.1, 0.15) is 135 Å². The molecule has 5 heteroatoms. The van der Waals surface area contributed by atoms with Crippen LogP contribution in [-0.2, 0) is 19.3 Å². The average molecular weight is 498 g/mol. The van der Waals surface area contributed by atoms with Gasteiger partial charge in [-0.15, -0.1) is 0 Å². The molecule has 4 rings (SSSR count). The number of nitrogens with zero attached hydrogens (tertiary/aromatic N) is 2. The first-order valence-corrected chi connectivity index (χ1v) is 14.5. The molecule has 3 aliphatic rings. The monoisotopic (exact) mass is 497 g/mol. The van der Waals surface area contributed by atoms with E-state index >= 15 is 0 Å². The first-order valence-electron chi connectivity index (χ1n) is 14.5. The highest BCUT2D eigenvalue weighted by Crippen LogP contribution is 2.27. The summed E-state index contributed by atoms with van der Waals surface area (Å²) in [7, 11) is 0. The van der Waals surface area contributed by atoms with Gasteiger partial charge in [0.2, 0.25) is 0 Å². The molecular weight excluding hydrogens is 442 g/mol. The quantitative estimate of drug-likeness (QED) is 0.153. The predicted molar refractivity (Wildman–Crippen MR) is 160 cm³/mol. The molecule has 0 amide bonds. The maximum absolute atomic E-state index is 4.98. The van der Waals surface area contributed by atoms with Crippen LogP contribution in [0, 0.1) is 6.92 Å². The summed E-state index contributed by atoms with van der Waals surface area (Å²) in [4.78, 5) is 3.51. The van der Waals surface area contributed by atoms with E-state index in [9.17, 15) is 0 Å². The van der Waals surface area contributed by atoms with Crippen molar-refractivity contribution in [3.8, 4) is 0 Å². The van der Waals surface area contributed by atoms with Crippen molar-refractivity contribution in [2.75, 3.05) is 0 Å². The number of nitrogens with two attached hydrogens (primary N) is 1. The van der Waals surface area contributed by atoms with Gasteiger partial charge in [-0.1, -0.05) is 52.3 Å². The van der Waals surface area contributed by atoms with E-state index in [1.54, 1.807) is 11.1 Å². The van der Waals surface area contributed by atoms with Crippen molar-refractivity contribution < 1.29 is 0 Å². The van der Waals surface area contributed by atoms with Gasteiger partial charge in [0.25, 0.3) is 0 Å². The van der Waals surface area contributed by atoms with Crippen LogP contribution in [0.25, 0.3) is 0 Å². The highest BCUT2D eigenvalue weighted by atomic mass is 15.3. The third-order valence-corrected chi connectivity index (χ3v) is 7.26. The first-order chi connectivity index (χ1) is 17.4. The highest BCUT2D eigenvalue weighted by Gasteiger charge is 2.17. The Balaban J connectivity index is 0.000000250. The van der Waals surface area contributed by atoms with Crippen LogP contribution in [0.3, 0.4) is 0 Å². The van der Waals surface area contributed by atoms with Crippen molar-refractivity contribution in [1.82, 2.24) is 10.4 Å². The smallest absolute Gasteiger partial charge is 0.0377 e. The van der Waals surface area contributed by atoms with Crippen LogP contribution in [-0.4, -0.2) is 16.4 Å². The number of fused-ring (bicyclic) bond motifs is 1. The molecule has 4 N–H and O–H groups in total. The second-order valence-corrected chi connectivity index (χ2v) is 9.86. The summed E-state index contributed by atoms with van der Waals surface area (Å²) in [6.07, 6.45) is 21.4. The lowest BCUT2D eigenvalue weighted by Crippen LogP contribution is -2.07. The SMILES string of the molecule is CC1=CCCC1.CCC(CC)=NN.CCC(CC)=NNC1=CCCC1.CCc1[nH]c2c(c1C)CCC2. The number of hydrogen-bond donors (Lipinski definition) is 3. The van der Waals surface area contributed by atoms with Gasteiger partial charge in [-0.05, 0) is 115 Å². The molecule has 0 fully saturated rings. The van der Waals surface area contributed by atoms with E-state index in [2.05, 4.69) is 81.2 Å². The number of hydrazone groups is 2. The second kappa shape index (κ2) is 18.9. The van der Waals surface area contributed by atoms with Crippen LogP contribution in [0.4, 0.5) is 0 Å². The van der Waals surface area contributed by atoms with E-state index in [-0.39, 0.29) is 0 Å². The zero-order chi connectivity index (χ0) is 26.8. The van der Waals surface area contributed by atoms with Crippen LogP contribution in [0.15, 0.2) is 33.6 Å². The minimum Gasteiger partial charge on any atom is -0.362 e. The number of nitrogens with one attached hydrogen (secondary N) is 2. The van der Waals surface area contributed by atoms with E-state index in [1.165, 1.54) is 86.1 Å². The third-order valence-electron chi connectivity index (χ3n) is 7.26. The van der Waals surface area contributed by atoms with Gasteiger partial charge >= 0.3 is 0 Å². The standard InChI is InChI=1S/C10H18N2.C10H15N.C6H10.C5H12N2/c1-3-9(4-2)11-12-10-7-5-6-8-10;1-3-9-7(2)8-5-4-6-10(8)11-9;1-6-4-2-3-5-6;1-3-5(4-2)7-6/h7,12H,3-6,8H2,1-2H3;11H,3-6H2,1-2H3;4H,2-3,5H2,1H3;3-4,6H2,1-2H3. The lowest BCUT2D eigenvalue weighted by molar-refractivity contribution is 0.798. The Morgan fingerprint density at radius 2 is 1.47 bits per heavy atom. The summed E-state index contributed by atoms with van der Waals surface area (Å²) in [5.74, 6) is 4.98. The molecule has 0 atom stereocenters. The topological polar surface area (TPSA) is 78.6 Å². The number of aryl methyl sites for hydroxylation is 2. The summed E-state index contributed by atoms with van der Waals surface area (Å²) >= 11 is 0. The molecule has 0 saturated carbocycles. The Morgan fingerprint density at radius 1 is 0.833 bits per heavy atom. The molecule has 0 saturated heterocycles. The molecule has 0 aliphatic heterocycles. The van der Waals surface area contributed by atoms with Gasteiger partial charge in [0.15, 0.2) is 0 Å². The lowest BCUT2D eigenvalue weighted by Gasteiger charge is -2.02. The van der Waals surface area contributed by atoms with Crippen molar-refractivity contribution in [3.05, 3.63) is 45.9 Å². The average Bonchev–Trinajstić information content (AvgIpc) is 3.71. The van der Waals surface area contributed by atoms with E-state index in [4.69, 9.17) is 5.84 Å².